The number of aliphatic hydroxyl groups is 1. The number of oxazole rings is 1. The molecule has 2 fully saturated rings. The van der Waals surface area contributed by atoms with Crippen molar-refractivity contribution in [2.45, 2.75) is 57.3 Å². The van der Waals surface area contributed by atoms with E-state index in [0.29, 0.717) is 17.5 Å². The zero-order chi connectivity index (χ0) is 15.4. The summed E-state index contributed by atoms with van der Waals surface area (Å²) in [5.41, 5.74) is 0.459. The highest BCUT2D eigenvalue weighted by atomic mass is 16.3. The van der Waals surface area contributed by atoms with Crippen molar-refractivity contribution in [1.29, 1.82) is 0 Å². The van der Waals surface area contributed by atoms with Crippen LogP contribution < -0.4 is 0 Å². The smallest absolute Gasteiger partial charge is 0.275 e. The molecule has 0 radical (unpaired) electrons. The summed E-state index contributed by atoms with van der Waals surface area (Å²) in [5.74, 6) is 1.68. The molecule has 5 heteroatoms. The summed E-state index contributed by atoms with van der Waals surface area (Å²) in [5, 5.41) is 9.00. The third-order valence-corrected chi connectivity index (χ3v) is 5.13. The highest BCUT2D eigenvalue weighted by molar-refractivity contribution is 5.92. The minimum absolute atomic E-state index is 0.00624. The third kappa shape index (κ3) is 3.51. The van der Waals surface area contributed by atoms with Gasteiger partial charge in [-0.2, -0.15) is 0 Å². The number of aliphatic hydroxyl groups excluding tert-OH is 1. The molecular formula is C17H26N2O3. The maximum atomic E-state index is 12.5. The second kappa shape index (κ2) is 7.27. The Kier molecular flexibility index (Phi) is 5.13. The molecule has 122 valence electrons. The van der Waals surface area contributed by atoms with Crippen molar-refractivity contribution in [2.24, 2.45) is 5.92 Å². The fourth-order valence-corrected chi connectivity index (χ4v) is 3.69. The quantitative estimate of drug-likeness (QED) is 0.928. The Balaban J connectivity index is 1.57. The topological polar surface area (TPSA) is 66.6 Å². The van der Waals surface area contributed by atoms with Gasteiger partial charge in [0, 0.05) is 25.6 Å². The number of piperidine rings is 1. The number of amides is 1. The molecule has 3 rings (SSSR count). The van der Waals surface area contributed by atoms with E-state index in [9.17, 15) is 4.79 Å². The van der Waals surface area contributed by atoms with Gasteiger partial charge in [0.2, 0.25) is 0 Å². The lowest BCUT2D eigenvalue weighted by Gasteiger charge is -2.31. The normalized spacial score (nSPS) is 21.2. The van der Waals surface area contributed by atoms with E-state index >= 15 is 0 Å². The lowest BCUT2D eigenvalue weighted by atomic mass is 9.89. The highest BCUT2D eigenvalue weighted by Gasteiger charge is 2.27. The molecule has 22 heavy (non-hydrogen) atoms. The van der Waals surface area contributed by atoms with Crippen molar-refractivity contribution in [3.05, 3.63) is 17.8 Å². The Morgan fingerprint density at radius 3 is 2.64 bits per heavy atom. The van der Waals surface area contributed by atoms with Crippen LogP contribution in [0.1, 0.15) is 73.7 Å². The molecule has 0 bridgehead atoms. The Labute approximate surface area is 131 Å². The average Bonchev–Trinajstić information content (AvgIpc) is 3.06. The van der Waals surface area contributed by atoms with Crippen LogP contribution in [0.5, 0.6) is 0 Å². The first-order valence-electron chi connectivity index (χ1n) is 8.63. The lowest BCUT2D eigenvalue weighted by molar-refractivity contribution is 0.0672. The number of hydrogen-bond donors (Lipinski definition) is 1. The molecule has 0 atom stereocenters. The summed E-state index contributed by atoms with van der Waals surface area (Å²) < 4.78 is 5.58. The molecule has 1 saturated carbocycles. The molecule has 2 heterocycles. The molecule has 1 aromatic rings. The zero-order valence-corrected chi connectivity index (χ0v) is 13.2. The SMILES string of the molecule is O=C(c1coc(C2CCCCC2)n1)N1CCC(CCO)CC1. The summed E-state index contributed by atoms with van der Waals surface area (Å²) >= 11 is 0. The van der Waals surface area contributed by atoms with E-state index < -0.39 is 0 Å². The summed E-state index contributed by atoms with van der Waals surface area (Å²) in [6.07, 6.45) is 10.3. The van der Waals surface area contributed by atoms with E-state index in [2.05, 4.69) is 4.98 Å². The first-order valence-corrected chi connectivity index (χ1v) is 8.63. The van der Waals surface area contributed by atoms with Gasteiger partial charge in [-0.1, -0.05) is 19.3 Å². The summed E-state index contributed by atoms with van der Waals surface area (Å²) in [4.78, 5) is 18.9. The van der Waals surface area contributed by atoms with Crippen LogP contribution in [-0.2, 0) is 0 Å². The number of aromatic nitrogens is 1. The van der Waals surface area contributed by atoms with Crippen LogP contribution in [-0.4, -0.2) is 40.6 Å². The monoisotopic (exact) mass is 306 g/mol. The Morgan fingerprint density at radius 2 is 1.95 bits per heavy atom. The third-order valence-electron chi connectivity index (χ3n) is 5.13. The van der Waals surface area contributed by atoms with Gasteiger partial charge in [0.05, 0.1) is 0 Å². The first-order chi connectivity index (χ1) is 10.8. The van der Waals surface area contributed by atoms with Crippen molar-refractivity contribution in [3.8, 4) is 0 Å². The average molecular weight is 306 g/mol. The van der Waals surface area contributed by atoms with E-state index in [1.165, 1.54) is 25.5 Å². The number of hydrogen-bond acceptors (Lipinski definition) is 4. The van der Waals surface area contributed by atoms with Gasteiger partial charge in [0.25, 0.3) is 5.91 Å². The zero-order valence-electron chi connectivity index (χ0n) is 13.2. The van der Waals surface area contributed by atoms with Crippen LogP contribution in [0.15, 0.2) is 10.7 Å². The van der Waals surface area contributed by atoms with Gasteiger partial charge in [-0.25, -0.2) is 4.98 Å². The largest absolute Gasteiger partial charge is 0.448 e. The van der Waals surface area contributed by atoms with Crippen molar-refractivity contribution in [1.82, 2.24) is 9.88 Å². The molecule has 1 aliphatic carbocycles. The Bertz CT molecular complexity index is 486. The van der Waals surface area contributed by atoms with Gasteiger partial charge in [0.15, 0.2) is 11.6 Å². The maximum absolute atomic E-state index is 12.5. The van der Waals surface area contributed by atoms with Crippen molar-refractivity contribution >= 4 is 5.91 Å². The van der Waals surface area contributed by atoms with E-state index in [4.69, 9.17) is 9.52 Å². The molecule has 1 N–H and O–H groups in total. The molecule has 1 saturated heterocycles. The molecule has 1 aliphatic heterocycles. The number of likely N-dealkylation sites (tertiary alicyclic amines) is 1. The standard InChI is InChI=1S/C17H26N2O3/c20-11-8-13-6-9-19(10-7-13)17(21)15-12-22-16(18-15)14-4-2-1-3-5-14/h12-14,20H,1-11H2. The summed E-state index contributed by atoms with van der Waals surface area (Å²) in [6.45, 7) is 1.76. The molecule has 0 unspecified atom stereocenters. The van der Waals surface area contributed by atoms with Gasteiger partial charge in [-0.3, -0.25) is 4.79 Å². The molecule has 5 nitrogen and oxygen atoms in total. The van der Waals surface area contributed by atoms with Gasteiger partial charge >= 0.3 is 0 Å². The van der Waals surface area contributed by atoms with Crippen molar-refractivity contribution in [3.63, 3.8) is 0 Å². The molecular weight excluding hydrogens is 280 g/mol. The molecule has 1 amide bonds. The van der Waals surface area contributed by atoms with Gasteiger partial charge in [0.1, 0.15) is 6.26 Å². The Hall–Kier alpha value is -1.36. The molecule has 1 aromatic heterocycles. The van der Waals surface area contributed by atoms with E-state index in [1.807, 2.05) is 4.90 Å². The highest BCUT2D eigenvalue weighted by Crippen LogP contribution is 2.32. The van der Waals surface area contributed by atoms with E-state index in [-0.39, 0.29) is 12.5 Å². The van der Waals surface area contributed by atoms with E-state index in [0.717, 1.165) is 51.1 Å². The number of rotatable bonds is 4. The molecule has 2 aliphatic rings. The van der Waals surface area contributed by atoms with Gasteiger partial charge < -0.3 is 14.4 Å². The predicted octanol–water partition coefficient (Wildman–Crippen LogP) is 2.96. The lowest BCUT2D eigenvalue weighted by Crippen LogP contribution is -2.38. The second-order valence-electron chi connectivity index (χ2n) is 6.65. The van der Waals surface area contributed by atoms with Crippen LogP contribution >= 0.6 is 0 Å². The molecule has 0 aromatic carbocycles. The predicted molar refractivity (Wildman–Crippen MR) is 82.7 cm³/mol. The summed E-state index contributed by atoms with van der Waals surface area (Å²) in [7, 11) is 0. The van der Waals surface area contributed by atoms with Crippen LogP contribution in [0, 0.1) is 5.92 Å². The fraction of sp³-hybridized carbons (Fsp3) is 0.765. The second-order valence-corrected chi connectivity index (χ2v) is 6.65. The van der Waals surface area contributed by atoms with E-state index in [1.54, 1.807) is 0 Å². The minimum atomic E-state index is -0.00624. The van der Waals surface area contributed by atoms with Gasteiger partial charge in [-0.05, 0) is 38.0 Å². The molecule has 0 spiro atoms. The summed E-state index contributed by atoms with van der Waals surface area (Å²) in [6, 6.07) is 0. The van der Waals surface area contributed by atoms with Crippen molar-refractivity contribution in [2.75, 3.05) is 19.7 Å². The van der Waals surface area contributed by atoms with Crippen LogP contribution in [0.4, 0.5) is 0 Å². The number of nitrogens with zero attached hydrogens (tertiary/aromatic N) is 2. The fourth-order valence-electron chi connectivity index (χ4n) is 3.69. The van der Waals surface area contributed by atoms with Crippen LogP contribution in [0.2, 0.25) is 0 Å². The number of carbonyl (C=O) groups is 1. The minimum Gasteiger partial charge on any atom is -0.448 e. The number of carbonyl (C=O) groups excluding carboxylic acids is 1. The maximum Gasteiger partial charge on any atom is 0.275 e. The van der Waals surface area contributed by atoms with Crippen LogP contribution in [0.25, 0.3) is 0 Å². The van der Waals surface area contributed by atoms with Gasteiger partial charge in [-0.15, -0.1) is 0 Å². The Morgan fingerprint density at radius 1 is 1.23 bits per heavy atom. The first kappa shape index (κ1) is 15.5. The van der Waals surface area contributed by atoms with Crippen molar-refractivity contribution < 1.29 is 14.3 Å². The van der Waals surface area contributed by atoms with Crippen LogP contribution in [0.3, 0.4) is 0 Å².